The second-order valence-electron chi connectivity index (χ2n) is 3.35. The van der Waals surface area contributed by atoms with Gasteiger partial charge in [-0.3, -0.25) is 4.98 Å². The highest BCUT2D eigenvalue weighted by Gasteiger charge is 1.98. The van der Waals surface area contributed by atoms with Crippen molar-refractivity contribution < 1.29 is 4.74 Å². The molecule has 0 N–H and O–H groups in total. The summed E-state index contributed by atoms with van der Waals surface area (Å²) in [4.78, 5) is 4.30. The van der Waals surface area contributed by atoms with Crippen LogP contribution in [0.5, 0.6) is 5.75 Å². The summed E-state index contributed by atoms with van der Waals surface area (Å²) in [5.74, 6) is 0.857. The molecule has 2 nitrogen and oxygen atoms in total. The van der Waals surface area contributed by atoms with E-state index in [9.17, 15) is 0 Å². The molecule has 0 saturated carbocycles. The summed E-state index contributed by atoms with van der Waals surface area (Å²) in [6.45, 7) is 0. The van der Waals surface area contributed by atoms with Crippen LogP contribution in [0.1, 0.15) is 11.3 Å². The molecule has 0 radical (unpaired) electrons. The minimum absolute atomic E-state index is 0.845. The molecule has 2 heteroatoms. The number of hydrogen-bond acceptors (Lipinski definition) is 2. The van der Waals surface area contributed by atoms with Crippen molar-refractivity contribution in [3.05, 3.63) is 59.9 Å². The molecule has 0 spiro atoms. The molecule has 0 saturated heterocycles. The van der Waals surface area contributed by atoms with Gasteiger partial charge in [0.15, 0.2) is 0 Å². The Bertz CT molecular complexity index is 426. The number of nitrogens with zero attached hydrogens (tertiary/aromatic N) is 1. The Morgan fingerprint density at radius 3 is 2.67 bits per heavy atom. The lowest BCUT2D eigenvalue weighted by Crippen LogP contribution is -1.92. The van der Waals surface area contributed by atoms with Gasteiger partial charge in [-0.05, 0) is 11.6 Å². The van der Waals surface area contributed by atoms with E-state index >= 15 is 0 Å². The lowest BCUT2D eigenvalue weighted by atomic mass is 10.1. The first-order valence-corrected chi connectivity index (χ1v) is 4.91. The van der Waals surface area contributed by atoms with Gasteiger partial charge in [0.25, 0.3) is 0 Å². The fourth-order valence-electron chi connectivity index (χ4n) is 1.48. The SMILES string of the molecule is COc1ccnc(Cc2ccccc2)c1. The van der Waals surface area contributed by atoms with E-state index in [1.54, 1.807) is 13.3 Å². The molecule has 0 aliphatic heterocycles. The standard InChI is InChI=1S/C13H13NO/c1-15-13-7-8-14-12(10-13)9-11-5-3-2-4-6-11/h2-8,10H,9H2,1H3. The molecule has 0 atom stereocenters. The largest absolute Gasteiger partial charge is 0.497 e. The van der Waals surface area contributed by atoms with Crippen LogP contribution in [0.15, 0.2) is 48.7 Å². The van der Waals surface area contributed by atoms with E-state index in [0.29, 0.717) is 0 Å². The third-order valence-corrected chi connectivity index (χ3v) is 2.25. The van der Waals surface area contributed by atoms with Crippen LogP contribution in [-0.4, -0.2) is 12.1 Å². The lowest BCUT2D eigenvalue weighted by molar-refractivity contribution is 0.413. The highest BCUT2D eigenvalue weighted by molar-refractivity contribution is 5.27. The predicted molar refractivity (Wildman–Crippen MR) is 60.0 cm³/mol. The topological polar surface area (TPSA) is 22.1 Å². The van der Waals surface area contributed by atoms with Crippen molar-refractivity contribution in [3.63, 3.8) is 0 Å². The van der Waals surface area contributed by atoms with Crippen molar-refractivity contribution in [2.75, 3.05) is 7.11 Å². The number of pyridine rings is 1. The van der Waals surface area contributed by atoms with Gasteiger partial charge < -0.3 is 4.74 Å². The van der Waals surface area contributed by atoms with Crippen molar-refractivity contribution in [2.45, 2.75) is 6.42 Å². The van der Waals surface area contributed by atoms with E-state index in [2.05, 4.69) is 17.1 Å². The highest BCUT2D eigenvalue weighted by atomic mass is 16.5. The van der Waals surface area contributed by atoms with Gasteiger partial charge in [-0.25, -0.2) is 0 Å². The third kappa shape index (κ3) is 2.56. The molecular weight excluding hydrogens is 186 g/mol. The number of rotatable bonds is 3. The van der Waals surface area contributed by atoms with Crippen LogP contribution >= 0.6 is 0 Å². The predicted octanol–water partition coefficient (Wildman–Crippen LogP) is 2.68. The van der Waals surface area contributed by atoms with E-state index in [4.69, 9.17) is 4.74 Å². The third-order valence-electron chi connectivity index (χ3n) is 2.25. The first kappa shape index (κ1) is 9.71. The summed E-state index contributed by atoms with van der Waals surface area (Å²) in [6, 6.07) is 14.1. The number of methoxy groups -OCH3 is 1. The van der Waals surface area contributed by atoms with E-state index < -0.39 is 0 Å². The van der Waals surface area contributed by atoms with Crippen LogP contribution < -0.4 is 4.74 Å². The van der Waals surface area contributed by atoms with Crippen LogP contribution in [-0.2, 0) is 6.42 Å². The molecule has 0 aliphatic rings. The van der Waals surface area contributed by atoms with Crippen LogP contribution in [0.25, 0.3) is 0 Å². The van der Waals surface area contributed by atoms with Crippen molar-refractivity contribution in [3.8, 4) is 5.75 Å². The molecule has 1 aromatic carbocycles. The number of hydrogen-bond donors (Lipinski definition) is 0. The van der Waals surface area contributed by atoms with E-state index in [1.807, 2.05) is 30.3 Å². The van der Waals surface area contributed by atoms with Crippen LogP contribution in [0.4, 0.5) is 0 Å². The van der Waals surface area contributed by atoms with Gasteiger partial charge in [-0.15, -0.1) is 0 Å². The van der Waals surface area contributed by atoms with Crippen molar-refractivity contribution >= 4 is 0 Å². The molecule has 76 valence electrons. The molecule has 0 aliphatic carbocycles. The Hall–Kier alpha value is -1.83. The normalized spacial score (nSPS) is 9.93. The summed E-state index contributed by atoms with van der Waals surface area (Å²) in [7, 11) is 1.67. The van der Waals surface area contributed by atoms with Crippen molar-refractivity contribution in [2.24, 2.45) is 0 Å². The molecule has 0 unspecified atom stereocenters. The Morgan fingerprint density at radius 2 is 1.93 bits per heavy atom. The van der Waals surface area contributed by atoms with Crippen LogP contribution in [0, 0.1) is 0 Å². The molecule has 2 aromatic rings. The van der Waals surface area contributed by atoms with E-state index in [1.165, 1.54) is 5.56 Å². The smallest absolute Gasteiger partial charge is 0.122 e. The van der Waals surface area contributed by atoms with Crippen LogP contribution in [0.2, 0.25) is 0 Å². The molecule has 15 heavy (non-hydrogen) atoms. The zero-order valence-electron chi connectivity index (χ0n) is 8.68. The fourth-order valence-corrected chi connectivity index (χ4v) is 1.48. The average Bonchev–Trinajstić information content (AvgIpc) is 2.31. The van der Waals surface area contributed by atoms with Gasteiger partial charge in [-0.2, -0.15) is 0 Å². The minimum atomic E-state index is 0.845. The molecular formula is C13H13NO. The Morgan fingerprint density at radius 1 is 1.13 bits per heavy atom. The lowest BCUT2D eigenvalue weighted by Gasteiger charge is -2.03. The molecule has 0 fully saturated rings. The van der Waals surface area contributed by atoms with Crippen molar-refractivity contribution in [1.29, 1.82) is 0 Å². The zero-order valence-corrected chi connectivity index (χ0v) is 8.68. The monoisotopic (exact) mass is 199 g/mol. The summed E-state index contributed by atoms with van der Waals surface area (Å²) in [5.41, 5.74) is 2.29. The summed E-state index contributed by atoms with van der Waals surface area (Å²) < 4.78 is 5.15. The number of ether oxygens (including phenoxy) is 1. The molecule has 1 aromatic heterocycles. The molecule has 2 rings (SSSR count). The number of benzene rings is 1. The maximum atomic E-state index is 5.15. The first-order valence-electron chi connectivity index (χ1n) is 4.91. The average molecular weight is 199 g/mol. The summed E-state index contributed by atoms with van der Waals surface area (Å²) in [6.07, 6.45) is 2.62. The number of aromatic nitrogens is 1. The van der Waals surface area contributed by atoms with Gasteiger partial charge in [0.2, 0.25) is 0 Å². The first-order chi connectivity index (χ1) is 7.38. The zero-order chi connectivity index (χ0) is 10.5. The maximum Gasteiger partial charge on any atom is 0.122 e. The fraction of sp³-hybridized carbons (Fsp3) is 0.154. The summed E-state index contributed by atoms with van der Waals surface area (Å²) >= 11 is 0. The van der Waals surface area contributed by atoms with E-state index in [0.717, 1.165) is 17.9 Å². The minimum Gasteiger partial charge on any atom is -0.497 e. The van der Waals surface area contributed by atoms with Crippen molar-refractivity contribution in [1.82, 2.24) is 4.98 Å². The molecule has 0 bridgehead atoms. The molecule has 0 amide bonds. The Labute approximate surface area is 89.6 Å². The quantitative estimate of drug-likeness (QED) is 0.758. The second kappa shape index (κ2) is 4.60. The van der Waals surface area contributed by atoms with Crippen LogP contribution in [0.3, 0.4) is 0 Å². The van der Waals surface area contributed by atoms with E-state index in [-0.39, 0.29) is 0 Å². The molecule has 1 heterocycles. The van der Waals surface area contributed by atoms with Gasteiger partial charge in [0.1, 0.15) is 5.75 Å². The Balaban J connectivity index is 2.17. The summed E-state index contributed by atoms with van der Waals surface area (Å²) in [5, 5.41) is 0. The van der Waals surface area contributed by atoms with Gasteiger partial charge in [-0.1, -0.05) is 30.3 Å². The van der Waals surface area contributed by atoms with Gasteiger partial charge in [0, 0.05) is 24.4 Å². The second-order valence-corrected chi connectivity index (χ2v) is 3.35. The van der Waals surface area contributed by atoms with Gasteiger partial charge in [0.05, 0.1) is 7.11 Å². The maximum absolute atomic E-state index is 5.15. The van der Waals surface area contributed by atoms with Gasteiger partial charge >= 0.3 is 0 Å². The Kier molecular flexibility index (Phi) is 2.98. The highest BCUT2D eigenvalue weighted by Crippen LogP contribution is 2.13.